The molecule has 0 aliphatic rings. The third-order valence-electron chi connectivity index (χ3n) is 6.29. The number of benzene rings is 4. The fourth-order valence-electron chi connectivity index (χ4n) is 4.22. The van der Waals surface area contributed by atoms with Crippen molar-refractivity contribution >= 4 is 40.3 Å². The number of aryl methyl sites for hydroxylation is 2. The lowest BCUT2D eigenvalue weighted by atomic mass is 10.1. The van der Waals surface area contributed by atoms with E-state index in [2.05, 4.69) is 85.7 Å². The predicted octanol–water partition coefficient (Wildman–Crippen LogP) is 10.4. The molecular weight excluding hydrogens is 512 g/mol. The number of amidine groups is 1. The number of allylic oxidation sites excluding steroid dienone is 2. The van der Waals surface area contributed by atoms with Crippen LogP contribution >= 0.6 is 0 Å². The molecule has 42 heavy (non-hydrogen) atoms. The molecule has 4 heteroatoms. The largest absolute Gasteiger partial charge is 0.278 e. The van der Waals surface area contributed by atoms with E-state index in [-0.39, 0.29) is 0 Å². The predicted molar refractivity (Wildman–Crippen MR) is 188 cm³/mol. The summed E-state index contributed by atoms with van der Waals surface area (Å²) in [7, 11) is 0. The third-order valence-corrected chi connectivity index (χ3v) is 6.29. The summed E-state index contributed by atoms with van der Waals surface area (Å²) in [6.45, 7) is 23.4. The van der Waals surface area contributed by atoms with Gasteiger partial charge in [0.25, 0.3) is 0 Å². The van der Waals surface area contributed by atoms with Crippen LogP contribution < -0.4 is 0 Å². The first-order valence-electron chi connectivity index (χ1n) is 14.5. The lowest BCUT2D eigenvalue weighted by Gasteiger charge is -2.09. The average molecular weight is 557 g/mol. The molecule has 0 radical (unpaired) electrons. The van der Waals surface area contributed by atoms with E-state index in [1.807, 2.05) is 82.3 Å². The summed E-state index contributed by atoms with van der Waals surface area (Å²) in [6.07, 6.45) is 3.28. The Kier molecular flexibility index (Phi) is 14.1. The molecule has 0 atom stereocenters. The van der Waals surface area contributed by atoms with Crippen molar-refractivity contribution < 1.29 is 0 Å². The third kappa shape index (κ3) is 8.34. The normalized spacial score (nSPS) is 10.8. The van der Waals surface area contributed by atoms with Gasteiger partial charge in [-0.15, -0.1) is 0 Å². The molecule has 1 heterocycles. The van der Waals surface area contributed by atoms with Crippen molar-refractivity contribution in [3.63, 3.8) is 0 Å². The Balaban J connectivity index is 0.000000699. The van der Waals surface area contributed by atoms with Crippen LogP contribution in [0.2, 0.25) is 0 Å². The van der Waals surface area contributed by atoms with Gasteiger partial charge >= 0.3 is 0 Å². The molecule has 4 nitrogen and oxygen atoms in total. The maximum absolute atomic E-state index is 4.98. The summed E-state index contributed by atoms with van der Waals surface area (Å²) in [4.78, 5) is 14.2. The SMILES string of the molecule is C=CC=C.C=NC(=NC(=NCc1ccccc1)c1ccccc1)n1c2ccccc2c2cc(C)c(C)cc21.CC.CC. The fraction of sp³-hybridized carbons (Fsp3) is 0.184. The number of aromatic nitrogens is 1. The highest BCUT2D eigenvalue weighted by Gasteiger charge is 2.16. The second kappa shape index (κ2) is 17.8. The topological polar surface area (TPSA) is 42.0 Å². The molecule has 0 spiro atoms. The summed E-state index contributed by atoms with van der Waals surface area (Å²) in [5.74, 6) is 1.13. The molecule has 0 amide bonds. The molecule has 0 unspecified atom stereocenters. The zero-order valence-corrected chi connectivity index (χ0v) is 26.0. The van der Waals surface area contributed by atoms with Crippen LogP contribution in [0.15, 0.2) is 137 Å². The number of para-hydroxylation sites is 1. The van der Waals surface area contributed by atoms with E-state index < -0.39 is 0 Å². The van der Waals surface area contributed by atoms with Crippen LogP contribution in [0, 0.1) is 13.8 Å². The second-order valence-corrected chi connectivity index (χ2v) is 8.84. The Hall–Kier alpha value is -4.83. The van der Waals surface area contributed by atoms with Crippen LogP contribution in [0.1, 0.15) is 49.9 Å². The monoisotopic (exact) mass is 556 g/mol. The smallest absolute Gasteiger partial charge is 0.236 e. The Morgan fingerprint density at radius 3 is 1.83 bits per heavy atom. The zero-order valence-electron chi connectivity index (χ0n) is 26.0. The molecule has 5 aromatic rings. The highest BCUT2D eigenvalue weighted by atomic mass is 15.2. The summed E-state index contributed by atoms with van der Waals surface area (Å²) in [5, 5.41) is 2.34. The highest BCUT2D eigenvalue weighted by molar-refractivity contribution is 6.17. The van der Waals surface area contributed by atoms with Crippen LogP contribution in [0.25, 0.3) is 21.8 Å². The maximum Gasteiger partial charge on any atom is 0.236 e. The molecular formula is C38H44N4. The van der Waals surface area contributed by atoms with Crippen LogP contribution in [-0.4, -0.2) is 23.1 Å². The first-order chi connectivity index (χ1) is 20.6. The van der Waals surface area contributed by atoms with Crippen molar-refractivity contribution in [2.24, 2.45) is 15.0 Å². The van der Waals surface area contributed by atoms with E-state index in [0.29, 0.717) is 18.3 Å². The van der Waals surface area contributed by atoms with Gasteiger partial charge in [0.05, 0.1) is 17.6 Å². The van der Waals surface area contributed by atoms with E-state index >= 15 is 0 Å². The van der Waals surface area contributed by atoms with Crippen LogP contribution in [-0.2, 0) is 6.54 Å². The quantitative estimate of drug-likeness (QED) is 0.120. The lowest BCUT2D eigenvalue weighted by Crippen LogP contribution is -2.12. The van der Waals surface area contributed by atoms with Crippen molar-refractivity contribution in [1.82, 2.24) is 4.57 Å². The number of fused-ring (bicyclic) bond motifs is 3. The molecule has 0 aliphatic heterocycles. The van der Waals surface area contributed by atoms with E-state index in [4.69, 9.17) is 9.98 Å². The van der Waals surface area contributed by atoms with Gasteiger partial charge in [-0.25, -0.2) is 4.99 Å². The Morgan fingerprint density at radius 1 is 0.690 bits per heavy atom. The Labute approximate surface area is 252 Å². The van der Waals surface area contributed by atoms with Gasteiger partial charge in [0, 0.05) is 16.3 Å². The van der Waals surface area contributed by atoms with Crippen LogP contribution in [0.5, 0.6) is 0 Å². The lowest BCUT2D eigenvalue weighted by molar-refractivity contribution is 1.06. The standard InChI is InChI=1S/C30H26N4.C4H6.2C2H6/c1-21-18-26-25-16-10-11-17-27(25)34(28(26)19-22(21)2)30(31-3)33-29(24-14-8-5-9-15-24)32-20-23-12-6-4-7-13-23;1-3-4-2;2*1-2/h4-19H,3,20H2,1-2H3;3-4H,1-2H2;2*1-2H3. The first kappa shape index (κ1) is 33.4. The van der Waals surface area contributed by atoms with Crippen molar-refractivity contribution in [1.29, 1.82) is 0 Å². The number of aliphatic imine (C=N–C) groups is 3. The molecule has 0 aliphatic carbocycles. The number of hydrogen-bond donors (Lipinski definition) is 0. The van der Waals surface area contributed by atoms with Gasteiger partial charge in [-0.2, -0.15) is 4.99 Å². The molecule has 1 aromatic heterocycles. The minimum Gasteiger partial charge on any atom is -0.278 e. The molecule has 0 saturated carbocycles. The van der Waals surface area contributed by atoms with Crippen molar-refractivity contribution in [3.05, 3.63) is 145 Å². The second-order valence-electron chi connectivity index (χ2n) is 8.84. The van der Waals surface area contributed by atoms with Gasteiger partial charge in [0.2, 0.25) is 5.96 Å². The number of rotatable bonds is 4. The molecule has 0 saturated heterocycles. The van der Waals surface area contributed by atoms with Crippen LogP contribution in [0.3, 0.4) is 0 Å². The minimum absolute atomic E-state index is 0.505. The Bertz CT molecular complexity index is 1630. The number of nitrogens with zero attached hydrogens (tertiary/aromatic N) is 4. The molecule has 0 N–H and O–H groups in total. The Morgan fingerprint density at radius 2 is 1.24 bits per heavy atom. The maximum atomic E-state index is 4.98. The molecule has 0 bridgehead atoms. The number of hydrogen-bond acceptors (Lipinski definition) is 1. The van der Waals surface area contributed by atoms with Gasteiger partial charge in [-0.1, -0.05) is 132 Å². The average Bonchev–Trinajstić information content (AvgIpc) is 3.37. The van der Waals surface area contributed by atoms with E-state index in [9.17, 15) is 0 Å². The summed E-state index contributed by atoms with van der Waals surface area (Å²) in [5.41, 5.74) is 6.65. The summed E-state index contributed by atoms with van der Waals surface area (Å²) < 4.78 is 2.09. The van der Waals surface area contributed by atoms with Crippen molar-refractivity contribution in [3.8, 4) is 0 Å². The fourth-order valence-corrected chi connectivity index (χ4v) is 4.22. The van der Waals surface area contributed by atoms with Crippen molar-refractivity contribution in [2.45, 2.75) is 48.1 Å². The van der Waals surface area contributed by atoms with E-state index in [0.717, 1.165) is 22.2 Å². The molecule has 216 valence electrons. The van der Waals surface area contributed by atoms with Gasteiger partial charge in [-0.3, -0.25) is 9.56 Å². The molecule has 0 fully saturated rings. The van der Waals surface area contributed by atoms with Crippen LogP contribution in [0.4, 0.5) is 0 Å². The van der Waals surface area contributed by atoms with Gasteiger partial charge in [-0.05, 0) is 55.5 Å². The first-order valence-corrected chi connectivity index (χ1v) is 14.5. The summed E-state index contributed by atoms with van der Waals surface area (Å²) in [6, 6.07) is 33.0. The van der Waals surface area contributed by atoms with Gasteiger partial charge in [0.1, 0.15) is 0 Å². The van der Waals surface area contributed by atoms with Gasteiger partial charge in [0.15, 0.2) is 5.84 Å². The molecule has 4 aromatic carbocycles. The highest BCUT2D eigenvalue weighted by Crippen LogP contribution is 2.31. The zero-order chi connectivity index (χ0) is 30.9. The van der Waals surface area contributed by atoms with E-state index in [1.54, 1.807) is 12.2 Å². The van der Waals surface area contributed by atoms with E-state index in [1.165, 1.54) is 21.9 Å². The van der Waals surface area contributed by atoms with Gasteiger partial charge < -0.3 is 0 Å². The minimum atomic E-state index is 0.505. The molecule has 5 rings (SSSR count). The van der Waals surface area contributed by atoms with Crippen molar-refractivity contribution in [2.75, 3.05) is 0 Å². The summed E-state index contributed by atoms with van der Waals surface area (Å²) >= 11 is 0.